The van der Waals surface area contributed by atoms with Crippen LogP contribution in [-0.2, 0) is 37.3 Å². The van der Waals surface area contributed by atoms with Gasteiger partial charge in [-0.1, -0.05) is 19.9 Å². The van der Waals surface area contributed by atoms with E-state index in [9.17, 15) is 9.59 Å². The Morgan fingerprint density at radius 1 is 1.10 bits per heavy atom. The van der Waals surface area contributed by atoms with Crippen molar-refractivity contribution in [3.8, 4) is 0 Å². The first-order valence-corrected chi connectivity index (χ1v) is 13.3. The van der Waals surface area contributed by atoms with Crippen molar-refractivity contribution in [1.29, 1.82) is 0 Å². The molecule has 4 aromatic heterocycles. The minimum Gasteiger partial charge on any atom is -0.457 e. The molecule has 2 N–H and O–H groups in total. The Balaban J connectivity index is 1.52. The van der Waals surface area contributed by atoms with Gasteiger partial charge in [-0.25, -0.2) is 4.98 Å². The summed E-state index contributed by atoms with van der Waals surface area (Å²) in [7, 11) is 1.59. The van der Waals surface area contributed by atoms with Crippen molar-refractivity contribution in [3.63, 3.8) is 0 Å². The lowest BCUT2D eigenvalue weighted by molar-refractivity contribution is -0.151. The molecule has 1 aliphatic heterocycles. The standard InChI is InChI=1S/C25H31N11O5/c1-4-15(5-2)29-21-17-23(31-25(30-21)27-11-9-16-8-6-7-10-26-16)36(12-28-17)24-20(40-14-38)18(39-13-37)19(41-24)22-32-34-35(3)33-22/h6-8,10,12-15,18-20,24H,4-5,9,11H2,1-3H3,(H2,27,29,30,31)/t18-,19+,20-,24-/m1/s1. The molecule has 0 spiro atoms. The topological polar surface area (TPSA) is 186 Å². The van der Waals surface area contributed by atoms with E-state index >= 15 is 0 Å². The second-order valence-corrected chi connectivity index (χ2v) is 9.35. The van der Waals surface area contributed by atoms with Crippen LogP contribution in [-0.4, -0.2) is 82.4 Å². The van der Waals surface area contributed by atoms with E-state index in [1.54, 1.807) is 17.8 Å². The maximum Gasteiger partial charge on any atom is 0.293 e. The predicted molar refractivity (Wildman–Crippen MR) is 143 cm³/mol. The third-order valence-electron chi connectivity index (χ3n) is 6.81. The number of rotatable bonds is 14. The van der Waals surface area contributed by atoms with Crippen LogP contribution in [0.2, 0.25) is 0 Å². The number of pyridine rings is 1. The average molecular weight is 566 g/mol. The van der Waals surface area contributed by atoms with Gasteiger partial charge in [0.25, 0.3) is 12.9 Å². The van der Waals surface area contributed by atoms with Gasteiger partial charge in [0, 0.05) is 30.9 Å². The highest BCUT2D eigenvalue weighted by molar-refractivity contribution is 5.84. The summed E-state index contributed by atoms with van der Waals surface area (Å²) in [5.74, 6) is 1.07. The lowest BCUT2D eigenvalue weighted by atomic mass is 10.1. The monoisotopic (exact) mass is 565 g/mol. The number of hydrogen-bond donors (Lipinski definition) is 2. The van der Waals surface area contributed by atoms with Gasteiger partial charge in [-0.2, -0.15) is 14.8 Å². The van der Waals surface area contributed by atoms with Gasteiger partial charge in [0.1, 0.15) is 0 Å². The largest absolute Gasteiger partial charge is 0.457 e. The Kier molecular flexibility index (Phi) is 8.57. The van der Waals surface area contributed by atoms with Gasteiger partial charge < -0.3 is 24.8 Å². The molecule has 1 saturated heterocycles. The molecule has 0 aliphatic carbocycles. The number of ether oxygens (including phenoxy) is 3. The molecular weight excluding hydrogens is 534 g/mol. The van der Waals surface area contributed by atoms with Crippen LogP contribution in [0.1, 0.15) is 50.5 Å². The zero-order valence-corrected chi connectivity index (χ0v) is 22.8. The molecule has 4 atom stereocenters. The molecule has 0 saturated carbocycles. The first-order chi connectivity index (χ1) is 20.1. The summed E-state index contributed by atoms with van der Waals surface area (Å²) in [6.07, 6.45) is 1.62. The fourth-order valence-corrected chi connectivity index (χ4v) is 4.72. The molecule has 16 heteroatoms. The van der Waals surface area contributed by atoms with Crippen molar-refractivity contribution in [2.75, 3.05) is 17.2 Å². The number of carbonyl (C=O) groups excluding carboxylic acids is 2. The van der Waals surface area contributed by atoms with Crippen molar-refractivity contribution in [1.82, 2.24) is 44.7 Å². The summed E-state index contributed by atoms with van der Waals surface area (Å²) in [6, 6.07) is 5.91. The maximum atomic E-state index is 11.5. The summed E-state index contributed by atoms with van der Waals surface area (Å²) in [6.45, 7) is 5.24. The molecule has 0 amide bonds. The molecule has 0 bridgehead atoms. The summed E-state index contributed by atoms with van der Waals surface area (Å²) < 4.78 is 18.6. The molecular formula is C25H31N11O5. The highest BCUT2D eigenvalue weighted by Crippen LogP contribution is 2.42. The van der Waals surface area contributed by atoms with Crippen molar-refractivity contribution in [3.05, 3.63) is 42.2 Å². The number of hydrogen-bond acceptors (Lipinski definition) is 14. The van der Waals surface area contributed by atoms with E-state index in [1.165, 1.54) is 11.1 Å². The van der Waals surface area contributed by atoms with E-state index in [4.69, 9.17) is 24.2 Å². The Morgan fingerprint density at radius 2 is 1.90 bits per heavy atom. The predicted octanol–water partition coefficient (Wildman–Crippen LogP) is 1.35. The molecule has 4 aromatic rings. The molecule has 1 aliphatic rings. The molecule has 216 valence electrons. The Bertz CT molecular complexity index is 1460. The highest BCUT2D eigenvalue weighted by atomic mass is 16.6. The van der Waals surface area contributed by atoms with Crippen molar-refractivity contribution in [2.45, 2.75) is 63.7 Å². The SMILES string of the molecule is CCC(CC)Nc1nc(NCCc2ccccn2)nc2c1ncn2[C@@H]1O[C@H](c2nnn(C)n2)[C@@H](OC=O)[C@H]1OC=O. The Labute approximate surface area is 234 Å². The molecule has 16 nitrogen and oxygen atoms in total. The van der Waals surface area contributed by atoms with Crippen LogP contribution in [0.3, 0.4) is 0 Å². The first kappa shape index (κ1) is 27.8. The quantitative estimate of drug-likeness (QED) is 0.209. The average Bonchev–Trinajstić information content (AvgIpc) is 3.70. The minimum atomic E-state index is -1.06. The number of tetrazole rings is 1. The molecule has 5 heterocycles. The van der Waals surface area contributed by atoms with Gasteiger partial charge >= 0.3 is 0 Å². The van der Waals surface area contributed by atoms with Crippen molar-refractivity contribution < 1.29 is 23.8 Å². The van der Waals surface area contributed by atoms with Crippen LogP contribution >= 0.6 is 0 Å². The van der Waals surface area contributed by atoms with Crippen molar-refractivity contribution in [2.24, 2.45) is 7.05 Å². The maximum absolute atomic E-state index is 11.5. The number of aryl methyl sites for hydroxylation is 1. The van der Waals surface area contributed by atoms with E-state index in [-0.39, 0.29) is 24.8 Å². The first-order valence-electron chi connectivity index (χ1n) is 13.3. The Hall–Kier alpha value is -4.73. The number of nitrogens with zero attached hydrogens (tertiary/aromatic N) is 9. The van der Waals surface area contributed by atoms with E-state index < -0.39 is 24.5 Å². The van der Waals surface area contributed by atoms with E-state index in [2.05, 4.69) is 49.9 Å². The summed E-state index contributed by atoms with van der Waals surface area (Å²) in [4.78, 5) is 42.6. The number of imidazole rings is 1. The summed E-state index contributed by atoms with van der Waals surface area (Å²) in [5.41, 5.74) is 1.84. The number of nitrogens with one attached hydrogen (secondary N) is 2. The van der Waals surface area contributed by atoms with Gasteiger partial charge in [-0.3, -0.25) is 19.1 Å². The molecule has 0 aromatic carbocycles. The van der Waals surface area contributed by atoms with Gasteiger partial charge in [0.15, 0.2) is 41.5 Å². The van der Waals surface area contributed by atoms with Crippen molar-refractivity contribution >= 4 is 35.9 Å². The normalized spacial score (nSPS) is 20.3. The fraction of sp³-hybridized carbons (Fsp3) is 0.480. The van der Waals surface area contributed by atoms with Crippen LogP contribution in [0.4, 0.5) is 11.8 Å². The van der Waals surface area contributed by atoms with Gasteiger partial charge in [0.05, 0.1) is 13.4 Å². The van der Waals surface area contributed by atoms with Gasteiger partial charge in [0.2, 0.25) is 11.8 Å². The molecule has 1 fully saturated rings. The lowest BCUT2D eigenvalue weighted by Gasteiger charge is -2.21. The van der Waals surface area contributed by atoms with Gasteiger partial charge in [-0.05, 0) is 30.2 Å². The number of anilines is 2. The number of carbonyl (C=O) groups is 2. The van der Waals surface area contributed by atoms with Crippen LogP contribution in [0.25, 0.3) is 11.2 Å². The number of fused-ring (bicyclic) bond motifs is 1. The fourth-order valence-electron chi connectivity index (χ4n) is 4.72. The zero-order valence-electron chi connectivity index (χ0n) is 22.8. The third-order valence-corrected chi connectivity index (χ3v) is 6.81. The second kappa shape index (κ2) is 12.6. The Morgan fingerprint density at radius 3 is 2.59 bits per heavy atom. The van der Waals surface area contributed by atoms with Crippen LogP contribution in [0, 0.1) is 0 Å². The van der Waals surface area contributed by atoms with E-state index in [0.29, 0.717) is 35.9 Å². The van der Waals surface area contributed by atoms with Gasteiger partial charge in [-0.15, -0.1) is 10.2 Å². The molecule has 0 radical (unpaired) electrons. The second-order valence-electron chi connectivity index (χ2n) is 9.35. The molecule has 41 heavy (non-hydrogen) atoms. The van der Waals surface area contributed by atoms with E-state index in [0.717, 1.165) is 18.5 Å². The molecule has 5 rings (SSSR count). The zero-order chi connectivity index (χ0) is 28.8. The van der Waals surface area contributed by atoms with E-state index in [1.807, 2.05) is 18.2 Å². The van der Waals surface area contributed by atoms with Crippen LogP contribution in [0.15, 0.2) is 30.7 Å². The minimum absolute atomic E-state index is 0.158. The van der Waals surface area contributed by atoms with Crippen LogP contribution < -0.4 is 10.6 Å². The van der Waals surface area contributed by atoms with Crippen LogP contribution in [0.5, 0.6) is 0 Å². The number of aromatic nitrogens is 9. The highest BCUT2D eigenvalue weighted by Gasteiger charge is 2.52. The molecule has 0 unspecified atom stereocenters. The lowest BCUT2D eigenvalue weighted by Crippen LogP contribution is -2.34. The summed E-state index contributed by atoms with van der Waals surface area (Å²) in [5, 5.41) is 18.8. The third kappa shape index (κ3) is 5.91. The summed E-state index contributed by atoms with van der Waals surface area (Å²) >= 11 is 0. The smallest absolute Gasteiger partial charge is 0.293 e.